The van der Waals surface area contributed by atoms with E-state index in [9.17, 15) is 0 Å². The van der Waals surface area contributed by atoms with Gasteiger partial charge in [0.15, 0.2) is 17.5 Å². The standard InChI is InChI=1S/C50H30N4/c1-2-13-33(14-3-1)48-52-49(54-50(53-48)46-29-25-32-23-22-31-12-4-5-15-36(31)47(32)51-46)44-28-27-35(37-16-6-10-20-41(37)44)34-24-26-43-40-19-8-7-17-38(40)39-18-9-11-21-42(39)45(43)30-34/h1-30H. The topological polar surface area (TPSA) is 51.6 Å². The number of benzene rings is 9. The molecule has 0 aliphatic heterocycles. The molecule has 11 aromatic rings. The number of fused-ring (bicyclic) bond motifs is 10. The summed E-state index contributed by atoms with van der Waals surface area (Å²) in [5.41, 5.74) is 5.83. The predicted octanol–water partition coefficient (Wildman–Crippen LogP) is 12.9. The molecule has 0 aliphatic carbocycles. The Kier molecular flexibility index (Phi) is 6.82. The third kappa shape index (κ3) is 4.85. The zero-order valence-corrected chi connectivity index (χ0v) is 29.1. The van der Waals surface area contributed by atoms with Crippen LogP contribution in [0, 0.1) is 0 Å². The molecule has 0 amide bonds. The van der Waals surface area contributed by atoms with E-state index in [-0.39, 0.29) is 0 Å². The van der Waals surface area contributed by atoms with E-state index < -0.39 is 0 Å². The number of aromatic nitrogens is 4. The van der Waals surface area contributed by atoms with Gasteiger partial charge in [0.2, 0.25) is 0 Å². The molecular formula is C50H30N4. The molecular weight excluding hydrogens is 657 g/mol. The minimum Gasteiger partial charge on any atom is -0.244 e. The number of hydrogen-bond acceptors (Lipinski definition) is 4. The van der Waals surface area contributed by atoms with Crippen LogP contribution in [0.2, 0.25) is 0 Å². The van der Waals surface area contributed by atoms with Gasteiger partial charge >= 0.3 is 0 Å². The summed E-state index contributed by atoms with van der Waals surface area (Å²) in [7, 11) is 0. The van der Waals surface area contributed by atoms with Crippen LogP contribution in [0.1, 0.15) is 0 Å². The molecule has 0 saturated heterocycles. The van der Waals surface area contributed by atoms with Crippen LogP contribution in [0.25, 0.3) is 110 Å². The Labute approximate surface area is 311 Å². The van der Waals surface area contributed by atoms with Crippen LogP contribution >= 0.6 is 0 Å². The molecule has 250 valence electrons. The van der Waals surface area contributed by atoms with Crippen LogP contribution < -0.4 is 0 Å². The normalized spacial score (nSPS) is 11.7. The van der Waals surface area contributed by atoms with Crippen molar-refractivity contribution < 1.29 is 0 Å². The number of pyridine rings is 1. The van der Waals surface area contributed by atoms with Crippen LogP contribution in [0.3, 0.4) is 0 Å². The van der Waals surface area contributed by atoms with Crippen LogP contribution in [-0.4, -0.2) is 19.9 Å². The Balaban J connectivity index is 1.11. The Bertz CT molecular complexity index is 3240. The number of hydrogen-bond donors (Lipinski definition) is 0. The SMILES string of the molecule is c1ccc(-c2nc(-c3ccc4ccc5ccccc5c4n3)nc(-c3ccc(-c4ccc5c6ccccc6c6ccccc6c5c4)c4ccccc34)n2)cc1. The van der Waals surface area contributed by atoms with E-state index in [1.54, 1.807) is 0 Å². The zero-order valence-electron chi connectivity index (χ0n) is 29.1. The van der Waals surface area contributed by atoms with Crippen LogP contribution in [0.4, 0.5) is 0 Å². The number of rotatable bonds is 4. The van der Waals surface area contributed by atoms with Crippen molar-refractivity contribution in [3.63, 3.8) is 0 Å². The van der Waals surface area contributed by atoms with E-state index in [0.29, 0.717) is 23.2 Å². The molecule has 2 aromatic heterocycles. The molecule has 0 atom stereocenters. The molecule has 4 heteroatoms. The minimum atomic E-state index is 0.537. The van der Waals surface area contributed by atoms with E-state index in [2.05, 4.69) is 146 Å². The van der Waals surface area contributed by atoms with E-state index in [1.807, 2.05) is 36.4 Å². The van der Waals surface area contributed by atoms with Gasteiger partial charge in [-0.3, -0.25) is 0 Å². The average Bonchev–Trinajstić information content (AvgIpc) is 3.26. The first kappa shape index (κ1) is 30.3. The lowest BCUT2D eigenvalue weighted by Gasteiger charge is -2.15. The van der Waals surface area contributed by atoms with E-state index in [1.165, 1.54) is 37.9 Å². The van der Waals surface area contributed by atoms with Crippen molar-refractivity contribution >= 4 is 64.8 Å². The highest BCUT2D eigenvalue weighted by molar-refractivity contribution is 6.26. The first-order valence-corrected chi connectivity index (χ1v) is 18.2. The van der Waals surface area contributed by atoms with Crippen LogP contribution in [0.15, 0.2) is 182 Å². The summed E-state index contributed by atoms with van der Waals surface area (Å²) in [5, 5.41) is 13.1. The van der Waals surface area contributed by atoms with Gasteiger partial charge in [-0.2, -0.15) is 0 Å². The summed E-state index contributed by atoms with van der Waals surface area (Å²) in [4.78, 5) is 20.5. The fourth-order valence-corrected chi connectivity index (χ4v) is 8.13. The molecule has 0 spiro atoms. The Hall–Kier alpha value is -7.30. The molecule has 0 fully saturated rings. The fraction of sp³-hybridized carbons (Fsp3) is 0. The smallest absolute Gasteiger partial charge is 0.182 e. The lowest BCUT2D eigenvalue weighted by molar-refractivity contribution is 1.06. The van der Waals surface area contributed by atoms with Gasteiger partial charge in [0.25, 0.3) is 0 Å². The van der Waals surface area contributed by atoms with Crippen molar-refractivity contribution in [1.82, 2.24) is 19.9 Å². The summed E-state index contributed by atoms with van der Waals surface area (Å²) in [6.07, 6.45) is 0. The van der Waals surface area contributed by atoms with Crippen molar-refractivity contribution in [2.75, 3.05) is 0 Å². The first-order chi connectivity index (χ1) is 26.8. The van der Waals surface area contributed by atoms with Gasteiger partial charge in [0, 0.05) is 21.9 Å². The zero-order chi connectivity index (χ0) is 35.6. The lowest BCUT2D eigenvalue weighted by atomic mass is 9.90. The fourth-order valence-electron chi connectivity index (χ4n) is 8.13. The Morgan fingerprint density at radius 3 is 1.52 bits per heavy atom. The molecule has 0 radical (unpaired) electrons. The molecule has 11 rings (SSSR count). The Morgan fingerprint density at radius 1 is 0.259 bits per heavy atom. The van der Waals surface area contributed by atoms with Gasteiger partial charge in [-0.25, -0.2) is 19.9 Å². The summed E-state index contributed by atoms with van der Waals surface area (Å²) < 4.78 is 0. The summed E-state index contributed by atoms with van der Waals surface area (Å²) in [5.74, 6) is 1.75. The van der Waals surface area contributed by atoms with Crippen molar-refractivity contribution in [2.45, 2.75) is 0 Å². The maximum Gasteiger partial charge on any atom is 0.182 e. The molecule has 2 heterocycles. The quantitative estimate of drug-likeness (QED) is 0.173. The second kappa shape index (κ2) is 12.1. The molecule has 4 nitrogen and oxygen atoms in total. The molecule has 9 aromatic carbocycles. The second-order valence-electron chi connectivity index (χ2n) is 13.8. The summed E-state index contributed by atoms with van der Waals surface area (Å²) >= 11 is 0. The van der Waals surface area contributed by atoms with Gasteiger partial charge in [-0.15, -0.1) is 0 Å². The van der Waals surface area contributed by atoms with Crippen LogP contribution in [-0.2, 0) is 0 Å². The van der Waals surface area contributed by atoms with E-state index >= 15 is 0 Å². The van der Waals surface area contributed by atoms with Gasteiger partial charge in [-0.05, 0) is 77.8 Å². The highest BCUT2D eigenvalue weighted by Gasteiger charge is 2.18. The third-order valence-electron chi connectivity index (χ3n) is 10.7. The predicted molar refractivity (Wildman–Crippen MR) is 224 cm³/mol. The Morgan fingerprint density at radius 2 is 0.778 bits per heavy atom. The highest BCUT2D eigenvalue weighted by atomic mass is 15.0. The second-order valence-corrected chi connectivity index (χ2v) is 13.8. The molecule has 54 heavy (non-hydrogen) atoms. The largest absolute Gasteiger partial charge is 0.244 e. The van der Waals surface area contributed by atoms with Gasteiger partial charge in [-0.1, -0.05) is 164 Å². The minimum absolute atomic E-state index is 0.537. The van der Waals surface area contributed by atoms with Gasteiger partial charge in [0.05, 0.1) is 5.52 Å². The maximum absolute atomic E-state index is 5.17. The van der Waals surface area contributed by atoms with Gasteiger partial charge in [0.1, 0.15) is 5.69 Å². The summed E-state index contributed by atoms with van der Waals surface area (Å²) in [6, 6.07) is 64.2. The maximum atomic E-state index is 5.17. The number of nitrogens with zero attached hydrogens (tertiary/aromatic N) is 4. The lowest BCUT2D eigenvalue weighted by Crippen LogP contribution is -2.02. The van der Waals surface area contributed by atoms with E-state index in [0.717, 1.165) is 49.1 Å². The van der Waals surface area contributed by atoms with Crippen molar-refractivity contribution in [3.05, 3.63) is 182 Å². The van der Waals surface area contributed by atoms with Crippen molar-refractivity contribution in [2.24, 2.45) is 0 Å². The third-order valence-corrected chi connectivity index (χ3v) is 10.7. The van der Waals surface area contributed by atoms with E-state index in [4.69, 9.17) is 19.9 Å². The first-order valence-electron chi connectivity index (χ1n) is 18.2. The average molecular weight is 687 g/mol. The van der Waals surface area contributed by atoms with Crippen molar-refractivity contribution in [1.29, 1.82) is 0 Å². The highest BCUT2D eigenvalue weighted by Crippen LogP contribution is 2.40. The molecule has 0 N–H and O–H groups in total. The molecule has 0 aliphatic rings. The monoisotopic (exact) mass is 686 g/mol. The molecule has 0 saturated carbocycles. The molecule has 0 unspecified atom stereocenters. The van der Waals surface area contributed by atoms with Gasteiger partial charge < -0.3 is 0 Å². The van der Waals surface area contributed by atoms with Crippen LogP contribution in [0.5, 0.6) is 0 Å². The summed E-state index contributed by atoms with van der Waals surface area (Å²) in [6.45, 7) is 0. The molecule has 0 bridgehead atoms. The van der Waals surface area contributed by atoms with Crippen molar-refractivity contribution in [3.8, 4) is 45.4 Å².